The fourth-order valence-electron chi connectivity index (χ4n) is 0.398. The Labute approximate surface area is 71.2 Å². The van der Waals surface area contributed by atoms with Crippen LogP contribution >= 0.6 is 7.60 Å². The van der Waals surface area contributed by atoms with E-state index in [9.17, 15) is 9.36 Å². The summed E-state index contributed by atoms with van der Waals surface area (Å²) in [7, 11) is -3.74. The van der Waals surface area contributed by atoms with Gasteiger partial charge in [-0.25, -0.2) is 9.36 Å². The Morgan fingerprint density at radius 2 is 2.00 bits per heavy atom. The van der Waals surface area contributed by atoms with Crippen LogP contribution in [0.3, 0.4) is 0 Å². The molecule has 0 saturated carbocycles. The monoisotopic (exact) mass is 196 g/mol. The molecule has 0 radical (unpaired) electrons. The molecule has 6 heteroatoms. The van der Waals surface area contributed by atoms with Crippen LogP contribution in [0.2, 0.25) is 0 Å². The number of rotatable bonds is 3. The maximum Gasteiger partial charge on any atom is 0.373 e. The van der Waals surface area contributed by atoms with Crippen LogP contribution in [0.1, 0.15) is 14.4 Å². The van der Waals surface area contributed by atoms with E-state index in [2.05, 4.69) is 4.52 Å². The number of hydrogen-bond acceptors (Lipinski definition) is 3. The molecule has 0 amide bonds. The first-order chi connectivity index (χ1) is 4.87. The maximum absolute atomic E-state index is 10.5. The number of carbonyl (C=O) groups is 1. The lowest BCUT2D eigenvalue weighted by atomic mass is 10.5. The van der Waals surface area contributed by atoms with Crippen molar-refractivity contribution in [3.8, 4) is 0 Å². The lowest BCUT2D eigenvalue weighted by Crippen LogP contribution is -2.02. The third-order valence-electron chi connectivity index (χ3n) is 0.741. The fraction of sp³-hybridized carbons (Fsp3) is 0.500. The molecule has 0 fully saturated rings. The van der Waals surface area contributed by atoms with Gasteiger partial charge in [-0.3, -0.25) is 0 Å². The van der Waals surface area contributed by atoms with Crippen molar-refractivity contribution in [1.82, 2.24) is 0 Å². The first-order valence-corrected chi connectivity index (χ1v) is 4.78. The van der Waals surface area contributed by atoms with E-state index in [1.807, 2.05) is 0 Å². The minimum absolute atomic E-state index is 0. The summed E-state index contributed by atoms with van der Waals surface area (Å²) in [5, 5.41) is 8.31. The Kier molecular flexibility index (Phi) is 5.68. The largest absolute Gasteiger partial charge is 0.475 e. The molecular weight excluding hydrogens is 183 g/mol. The Morgan fingerprint density at radius 3 is 2.08 bits per heavy atom. The molecule has 0 aliphatic heterocycles. The van der Waals surface area contributed by atoms with Gasteiger partial charge in [-0.1, -0.05) is 7.43 Å². The van der Waals surface area contributed by atoms with E-state index in [1.165, 1.54) is 6.92 Å². The van der Waals surface area contributed by atoms with Crippen LogP contribution in [0.4, 0.5) is 0 Å². The van der Waals surface area contributed by atoms with E-state index in [4.69, 9.17) is 10.00 Å². The van der Waals surface area contributed by atoms with Gasteiger partial charge in [0, 0.05) is 6.66 Å². The minimum Gasteiger partial charge on any atom is -0.475 e. The van der Waals surface area contributed by atoms with Crippen molar-refractivity contribution in [1.29, 1.82) is 0 Å². The molecule has 0 aromatic carbocycles. The van der Waals surface area contributed by atoms with Gasteiger partial charge in [-0.05, 0) is 13.0 Å². The van der Waals surface area contributed by atoms with Crippen molar-refractivity contribution in [2.45, 2.75) is 14.4 Å². The smallest absolute Gasteiger partial charge is 0.373 e. The van der Waals surface area contributed by atoms with Crippen LogP contribution in [-0.4, -0.2) is 22.6 Å². The van der Waals surface area contributed by atoms with Crippen LogP contribution in [0.25, 0.3) is 0 Å². The third kappa shape index (κ3) is 5.95. The Morgan fingerprint density at radius 1 is 1.58 bits per heavy atom. The lowest BCUT2D eigenvalue weighted by Gasteiger charge is -2.07. The zero-order valence-electron chi connectivity index (χ0n) is 6.14. The minimum atomic E-state index is -3.74. The van der Waals surface area contributed by atoms with Crippen LogP contribution in [0.15, 0.2) is 11.8 Å². The van der Waals surface area contributed by atoms with Gasteiger partial charge in [0.2, 0.25) is 5.76 Å². The van der Waals surface area contributed by atoms with Gasteiger partial charge in [0.1, 0.15) is 0 Å². The van der Waals surface area contributed by atoms with Crippen molar-refractivity contribution < 1.29 is 23.9 Å². The van der Waals surface area contributed by atoms with Crippen molar-refractivity contribution in [3.63, 3.8) is 0 Å². The third-order valence-corrected chi connectivity index (χ3v) is 1.28. The second-order valence-electron chi connectivity index (χ2n) is 1.85. The summed E-state index contributed by atoms with van der Waals surface area (Å²) in [4.78, 5) is 18.8. The highest BCUT2D eigenvalue weighted by molar-refractivity contribution is 7.52. The number of carboxylic acid groups (broad SMARTS) is 1. The summed E-state index contributed by atoms with van der Waals surface area (Å²) in [6.07, 6.45) is 1.11. The van der Waals surface area contributed by atoms with Crippen molar-refractivity contribution in [2.24, 2.45) is 0 Å². The van der Waals surface area contributed by atoms with Crippen LogP contribution < -0.4 is 0 Å². The molecule has 0 saturated heterocycles. The Bertz CT molecular complexity index is 226. The molecular formula is C6H13O5P. The molecule has 2 N–H and O–H groups in total. The first kappa shape index (κ1) is 13.8. The van der Waals surface area contributed by atoms with E-state index in [-0.39, 0.29) is 7.43 Å². The van der Waals surface area contributed by atoms with Gasteiger partial charge in [0.25, 0.3) is 0 Å². The fourth-order valence-corrected chi connectivity index (χ4v) is 0.946. The molecule has 0 bridgehead atoms. The van der Waals surface area contributed by atoms with E-state index < -0.39 is 19.3 Å². The molecule has 0 aromatic heterocycles. The number of carboxylic acids is 1. The molecule has 0 heterocycles. The van der Waals surface area contributed by atoms with E-state index >= 15 is 0 Å². The second-order valence-corrected chi connectivity index (χ2v) is 3.64. The van der Waals surface area contributed by atoms with Crippen LogP contribution in [-0.2, 0) is 13.9 Å². The predicted molar refractivity (Wildman–Crippen MR) is 45.0 cm³/mol. The van der Waals surface area contributed by atoms with E-state index in [0.29, 0.717) is 0 Å². The van der Waals surface area contributed by atoms with Gasteiger partial charge in [0.05, 0.1) is 0 Å². The summed E-state index contributed by atoms with van der Waals surface area (Å²) < 4.78 is 14.7. The summed E-state index contributed by atoms with van der Waals surface area (Å²) >= 11 is 0. The van der Waals surface area contributed by atoms with Crippen LogP contribution in [0.5, 0.6) is 0 Å². The maximum atomic E-state index is 10.5. The van der Waals surface area contributed by atoms with Gasteiger partial charge in [-0.2, -0.15) is 0 Å². The predicted octanol–water partition coefficient (Wildman–Crippen LogP) is 1.44. The van der Waals surface area contributed by atoms with Crippen molar-refractivity contribution in [3.05, 3.63) is 11.8 Å². The molecule has 0 rings (SSSR count). The molecule has 72 valence electrons. The summed E-state index contributed by atoms with van der Waals surface area (Å²) in [5.74, 6) is -1.87. The highest BCUT2D eigenvalue weighted by Crippen LogP contribution is 2.39. The zero-order valence-corrected chi connectivity index (χ0v) is 7.04. The molecule has 1 unspecified atom stereocenters. The molecule has 12 heavy (non-hydrogen) atoms. The number of aliphatic carboxylic acids is 1. The second kappa shape index (κ2) is 4.95. The van der Waals surface area contributed by atoms with Crippen molar-refractivity contribution in [2.75, 3.05) is 6.66 Å². The summed E-state index contributed by atoms with van der Waals surface area (Å²) in [6, 6.07) is 0. The zero-order chi connectivity index (χ0) is 9.07. The topological polar surface area (TPSA) is 83.8 Å². The summed E-state index contributed by atoms with van der Waals surface area (Å²) in [5.41, 5.74) is 0. The molecule has 0 spiro atoms. The average molecular weight is 196 g/mol. The molecule has 0 aliphatic carbocycles. The molecule has 1 atom stereocenters. The molecule has 5 nitrogen and oxygen atoms in total. The first-order valence-electron chi connectivity index (χ1n) is 2.76. The molecule has 0 aromatic rings. The number of allylic oxidation sites excluding steroid dienone is 1. The van der Waals surface area contributed by atoms with Crippen LogP contribution in [0, 0.1) is 0 Å². The average Bonchev–Trinajstić information content (AvgIpc) is 1.80. The standard InChI is InChI=1S/C5H9O5P.CH4/c1-3-4(5(6)7)10-11(2,8)9;/h3H,1-2H3,(H,6,7)(H,8,9);1H4/b4-3+;. The Hall–Kier alpha value is -0.800. The quantitative estimate of drug-likeness (QED) is 0.405. The number of hydrogen-bond donors (Lipinski definition) is 2. The van der Waals surface area contributed by atoms with Gasteiger partial charge in [0.15, 0.2) is 0 Å². The van der Waals surface area contributed by atoms with E-state index in [1.54, 1.807) is 0 Å². The Balaban J connectivity index is 0. The van der Waals surface area contributed by atoms with Gasteiger partial charge >= 0.3 is 13.6 Å². The molecule has 0 aliphatic rings. The highest BCUT2D eigenvalue weighted by Gasteiger charge is 2.17. The van der Waals surface area contributed by atoms with Gasteiger partial charge < -0.3 is 14.5 Å². The van der Waals surface area contributed by atoms with Gasteiger partial charge in [-0.15, -0.1) is 0 Å². The SMILES string of the molecule is C.C/C=C(/OP(C)(=O)O)C(=O)O. The van der Waals surface area contributed by atoms with Crippen molar-refractivity contribution >= 4 is 13.6 Å². The lowest BCUT2D eigenvalue weighted by molar-refractivity contribution is -0.135. The highest BCUT2D eigenvalue weighted by atomic mass is 31.2. The summed E-state index contributed by atoms with van der Waals surface area (Å²) in [6.45, 7) is 2.32. The normalized spacial score (nSPS) is 15.8. The van der Waals surface area contributed by atoms with E-state index in [0.717, 1.165) is 12.7 Å².